The van der Waals surface area contributed by atoms with Crippen molar-refractivity contribution in [1.82, 2.24) is 19.7 Å². The largest absolute Gasteiger partial charge is 0.310 e. The van der Waals surface area contributed by atoms with Gasteiger partial charge in [0.05, 0.1) is 23.0 Å². The van der Waals surface area contributed by atoms with Gasteiger partial charge in [-0.25, -0.2) is 14.6 Å². The number of anilines is 1. The van der Waals surface area contributed by atoms with Crippen molar-refractivity contribution in [3.8, 4) is 0 Å². The van der Waals surface area contributed by atoms with Gasteiger partial charge in [0.25, 0.3) is 0 Å². The molecule has 2 heterocycles. The van der Waals surface area contributed by atoms with E-state index in [-0.39, 0.29) is 17.2 Å². The van der Waals surface area contributed by atoms with Gasteiger partial charge >= 0.3 is 0 Å². The lowest BCUT2D eigenvalue weighted by Crippen LogP contribution is -2.25. The van der Waals surface area contributed by atoms with Crippen LogP contribution < -0.4 is 5.32 Å². The highest BCUT2D eigenvalue weighted by Gasteiger charge is 2.19. The van der Waals surface area contributed by atoms with Crippen LogP contribution in [0.15, 0.2) is 47.9 Å². The second kappa shape index (κ2) is 7.65. The first-order valence-corrected chi connectivity index (χ1v) is 9.19. The van der Waals surface area contributed by atoms with E-state index in [0.29, 0.717) is 0 Å². The molecule has 130 valence electrons. The predicted molar refractivity (Wildman–Crippen MR) is 101 cm³/mol. The summed E-state index contributed by atoms with van der Waals surface area (Å²) >= 11 is 1.43. The Bertz CT molecular complexity index is 873. The molecule has 0 fully saturated rings. The van der Waals surface area contributed by atoms with Crippen molar-refractivity contribution < 1.29 is 4.79 Å². The fourth-order valence-corrected chi connectivity index (χ4v) is 3.37. The zero-order valence-electron chi connectivity index (χ0n) is 14.5. The number of carbonyl (C=O) groups excluding carboxylic acids is 1. The molecule has 0 radical (unpaired) electrons. The number of fused-ring (bicyclic) bond motifs is 1. The summed E-state index contributed by atoms with van der Waals surface area (Å²) < 4.78 is 1.84. The summed E-state index contributed by atoms with van der Waals surface area (Å²) in [7, 11) is 0. The highest BCUT2D eigenvalue weighted by Crippen LogP contribution is 2.28. The van der Waals surface area contributed by atoms with Crippen molar-refractivity contribution in [3.05, 3.63) is 42.9 Å². The van der Waals surface area contributed by atoms with Crippen LogP contribution in [0.3, 0.4) is 0 Å². The summed E-state index contributed by atoms with van der Waals surface area (Å²) in [6, 6.07) is 9.86. The maximum absolute atomic E-state index is 12.6. The minimum absolute atomic E-state index is 0.0715. The monoisotopic (exact) mass is 355 g/mol. The first kappa shape index (κ1) is 17.4. The molecule has 0 spiro atoms. The summed E-state index contributed by atoms with van der Waals surface area (Å²) in [5.41, 5.74) is 0.877. The number of amides is 1. The van der Waals surface area contributed by atoms with Crippen molar-refractivity contribution in [2.24, 2.45) is 0 Å². The SMILES string of the molecule is CC[C@@H](C)n1nccc1NC(=O)[C@H](C)Sc1ncnc2ccccc12. The highest BCUT2D eigenvalue weighted by atomic mass is 32.2. The molecule has 1 N–H and O–H groups in total. The van der Waals surface area contributed by atoms with Crippen LogP contribution in [0.5, 0.6) is 0 Å². The number of hydrogen-bond donors (Lipinski definition) is 1. The van der Waals surface area contributed by atoms with E-state index in [0.717, 1.165) is 28.2 Å². The number of nitrogens with zero attached hydrogens (tertiary/aromatic N) is 4. The minimum atomic E-state index is -0.293. The van der Waals surface area contributed by atoms with E-state index >= 15 is 0 Å². The van der Waals surface area contributed by atoms with E-state index in [9.17, 15) is 4.79 Å². The molecule has 2 aromatic heterocycles. The number of aromatic nitrogens is 4. The summed E-state index contributed by atoms with van der Waals surface area (Å²) in [5.74, 6) is 0.650. The van der Waals surface area contributed by atoms with Crippen molar-refractivity contribution in [3.63, 3.8) is 0 Å². The van der Waals surface area contributed by atoms with E-state index in [1.807, 2.05) is 41.9 Å². The second-order valence-corrected chi connectivity index (χ2v) is 7.19. The lowest BCUT2D eigenvalue weighted by molar-refractivity contribution is -0.115. The first-order valence-electron chi connectivity index (χ1n) is 8.31. The Morgan fingerprint density at radius 3 is 2.84 bits per heavy atom. The van der Waals surface area contributed by atoms with Crippen LogP contribution in [0.1, 0.15) is 33.2 Å². The molecule has 1 aromatic carbocycles. The third-order valence-electron chi connectivity index (χ3n) is 4.09. The maximum atomic E-state index is 12.6. The lowest BCUT2D eigenvalue weighted by Gasteiger charge is -2.16. The molecule has 3 aromatic rings. The molecule has 0 unspecified atom stereocenters. The van der Waals surface area contributed by atoms with Gasteiger partial charge in [-0.2, -0.15) is 5.10 Å². The van der Waals surface area contributed by atoms with Gasteiger partial charge in [0.1, 0.15) is 17.2 Å². The molecule has 0 aliphatic carbocycles. The number of benzene rings is 1. The van der Waals surface area contributed by atoms with Gasteiger partial charge in [-0.3, -0.25) is 4.79 Å². The van der Waals surface area contributed by atoms with Crippen LogP contribution in [0.2, 0.25) is 0 Å². The third-order valence-corrected chi connectivity index (χ3v) is 5.21. The quantitative estimate of drug-likeness (QED) is 0.536. The molecule has 1 amide bonds. The normalized spacial score (nSPS) is 13.6. The molecular weight excluding hydrogens is 334 g/mol. The average Bonchev–Trinajstić information content (AvgIpc) is 3.09. The lowest BCUT2D eigenvalue weighted by atomic mass is 10.2. The second-order valence-electron chi connectivity index (χ2n) is 5.86. The van der Waals surface area contributed by atoms with E-state index in [2.05, 4.69) is 34.2 Å². The van der Waals surface area contributed by atoms with Gasteiger partial charge in [0, 0.05) is 11.5 Å². The molecule has 0 saturated carbocycles. The molecule has 25 heavy (non-hydrogen) atoms. The number of rotatable bonds is 6. The number of nitrogens with one attached hydrogen (secondary N) is 1. The Hall–Kier alpha value is -2.41. The molecule has 0 saturated heterocycles. The first-order chi connectivity index (χ1) is 12.1. The molecule has 0 aliphatic heterocycles. The molecule has 7 heteroatoms. The fourth-order valence-electron chi connectivity index (χ4n) is 2.46. The Morgan fingerprint density at radius 2 is 2.04 bits per heavy atom. The van der Waals surface area contributed by atoms with Gasteiger partial charge in [-0.05, 0) is 26.3 Å². The Morgan fingerprint density at radius 1 is 1.24 bits per heavy atom. The molecule has 0 aliphatic rings. The highest BCUT2D eigenvalue weighted by molar-refractivity contribution is 8.00. The van der Waals surface area contributed by atoms with E-state index < -0.39 is 0 Å². The van der Waals surface area contributed by atoms with Gasteiger partial charge in [0.15, 0.2) is 0 Å². The van der Waals surface area contributed by atoms with Crippen molar-refractivity contribution >= 4 is 34.4 Å². The van der Waals surface area contributed by atoms with E-state index in [1.54, 1.807) is 6.20 Å². The van der Waals surface area contributed by atoms with Crippen molar-refractivity contribution in [2.75, 3.05) is 5.32 Å². The van der Waals surface area contributed by atoms with E-state index in [1.165, 1.54) is 18.1 Å². The standard InChI is InChI=1S/C18H21N5OS/c1-4-12(2)23-16(9-10-21-23)22-17(24)13(3)25-18-14-7-5-6-8-15(14)19-11-20-18/h5-13H,4H2,1-3H3,(H,22,24)/t12-,13+/m1/s1. The van der Waals surface area contributed by atoms with Crippen LogP contribution in [-0.4, -0.2) is 30.9 Å². The van der Waals surface area contributed by atoms with Crippen LogP contribution in [0, 0.1) is 0 Å². The molecule has 6 nitrogen and oxygen atoms in total. The minimum Gasteiger partial charge on any atom is -0.310 e. The number of para-hydroxylation sites is 1. The topological polar surface area (TPSA) is 72.7 Å². The van der Waals surface area contributed by atoms with E-state index in [4.69, 9.17) is 0 Å². The summed E-state index contributed by atoms with van der Waals surface area (Å²) in [6.45, 7) is 6.05. The number of thioether (sulfide) groups is 1. The van der Waals surface area contributed by atoms with Gasteiger partial charge in [-0.1, -0.05) is 36.9 Å². The Kier molecular flexibility index (Phi) is 5.33. The zero-order chi connectivity index (χ0) is 17.8. The average molecular weight is 355 g/mol. The fraction of sp³-hybridized carbons (Fsp3) is 0.333. The van der Waals surface area contributed by atoms with Gasteiger partial charge in [0.2, 0.25) is 5.91 Å². The zero-order valence-corrected chi connectivity index (χ0v) is 15.3. The van der Waals surface area contributed by atoms with Crippen LogP contribution >= 0.6 is 11.8 Å². The smallest absolute Gasteiger partial charge is 0.238 e. The van der Waals surface area contributed by atoms with Crippen LogP contribution in [0.25, 0.3) is 10.9 Å². The summed E-state index contributed by atoms with van der Waals surface area (Å²) in [5, 5.41) is 8.74. The molecule has 0 bridgehead atoms. The summed E-state index contributed by atoms with van der Waals surface area (Å²) in [4.78, 5) is 21.2. The molecule has 3 rings (SSSR count). The Balaban J connectivity index is 1.74. The van der Waals surface area contributed by atoms with Gasteiger partial charge in [-0.15, -0.1) is 0 Å². The van der Waals surface area contributed by atoms with Crippen molar-refractivity contribution in [2.45, 2.75) is 43.5 Å². The predicted octanol–water partition coefficient (Wildman–Crippen LogP) is 3.92. The maximum Gasteiger partial charge on any atom is 0.238 e. The Labute approximate surface area is 151 Å². The number of carbonyl (C=O) groups is 1. The molecular formula is C18H21N5OS. The number of hydrogen-bond acceptors (Lipinski definition) is 5. The summed E-state index contributed by atoms with van der Waals surface area (Å²) in [6.07, 6.45) is 4.19. The van der Waals surface area contributed by atoms with Gasteiger partial charge < -0.3 is 5.32 Å². The van der Waals surface area contributed by atoms with Crippen LogP contribution in [-0.2, 0) is 4.79 Å². The molecule has 2 atom stereocenters. The van der Waals surface area contributed by atoms with Crippen molar-refractivity contribution in [1.29, 1.82) is 0 Å². The van der Waals surface area contributed by atoms with Crippen LogP contribution in [0.4, 0.5) is 5.82 Å². The third kappa shape index (κ3) is 3.82.